The quantitative estimate of drug-likeness (QED) is 0.465. The second kappa shape index (κ2) is 3.37. The minimum absolute atomic E-state index is 0.212. The molecule has 0 nitrogen and oxygen atoms in total. The lowest BCUT2D eigenvalue weighted by Crippen LogP contribution is -2.26. The number of hydrogen-bond acceptors (Lipinski definition) is 0. The third kappa shape index (κ3) is 2.22. The highest BCUT2D eigenvalue weighted by molar-refractivity contribution is 14.1. The predicted octanol–water partition coefficient (Wildman–Crippen LogP) is 2.92. The van der Waals surface area contributed by atoms with Crippen LogP contribution >= 0.6 is 34.2 Å². The average Bonchev–Trinajstić information content (AvgIpc) is 1.80. The summed E-state index contributed by atoms with van der Waals surface area (Å²) in [5.74, 6) is 0. The molecule has 0 spiro atoms. The summed E-state index contributed by atoms with van der Waals surface area (Å²) < 4.78 is 13.2. The molecule has 0 aromatic heterocycles. The first kappa shape index (κ1) is 8.05. The third-order valence-corrected chi connectivity index (χ3v) is 3.25. The van der Waals surface area contributed by atoms with E-state index in [0.717, 1.165) is 12.8 Å². The van der Waals surface area contributed by atoms with Gasteiger partial charge >= 0.3 is 0 Å². The first-order valence-corrected chi connectivity index (χ1v) is 4.80. The van der Waals surface area contributed by atoms with E-state index in [1.165, 1.54) is 0 Å². The molecule has 54 valence electrons. The number of rotatable bonds is 0. The molecule has 0 bridgehead atoms. The molecule has 0 saturated heterocycles. The molecule has 1 saturated carbocycles. The van der Waals surface area contributed by atoms with Gasteiger partial charge in [-0.2, -0.15) is 0 Å². The summed E-state index contributed by atoms with van der Waals surface area (Å²) in [4.78, 5) is 0. The summed E-state index contributed by atoms with van der Waals surface area (Å²) in [7, 11) is 0. The van der Waals surface area contributed by atoms with Gasteiger partial charge in [0.05, 0.1) is 5.38 Å². The van der Waals surface area contributed by atoms with Gasteiger partial charge in [0.1, 0.15) is 6.17 Å². The molecule has 9 heavy (non-hydrogen) atoms. The van der Waals surface area contributed by atoms with E-state index in [9.17, 15) is 4.39 Å². The summed E-state index contributed by atoms with van der Waals surface area (Å²) >= 11 is 7.94. The van der Waals surface area contributed by atoms with E-state index in [1.54, 1.807) is 0 Å². The largest absolute Gasteiger partial charge is 0.246 e. The fourth-order valence-electron chi connectivity index (χ4n) is 1.03. The molecule has 0 radical (unpaired) electrons. The number of alkyl halides is 3. The van der Waals surface area contributed by atoms with Crippen molar-refractivity contribution >= 4 is 34.2 Å². The van der Waals surface area contributed by atoms with Crippen LogP contribution in [0.4, 0.5) is 4.39 Å². The molecule has 0 aliphatic heterocycles. The van der Waals surface area contributed by atoms with Crippen LogP contribution in [0, 0.1) is 0 Å². The third-order valence-electron chi connectivity index (χ3n) is 1.63. The van der Waals surface area contributed by atoms with Crippen molar-refractivity contribution < 1.29 is 4.39 Å². The first-order chi connectivity index (χ1) is 4.20. The molecular formula is C6H9ClFI. The molecule has 1 fully saturated rings. The molecule has 0 aromatic rings. The minimum Gasteiger partial charge on any atom is -0.246 e. The van der Waals surface area contributed by atoms with E-state index in [4.69, 9.17) is 11.6 Å². The lowest BCUT2D eigenvalue weighted by molar-refractivity contribution is 0.265. The average molecular weight is 262 g/mol. The standard InChI is InChI=1S/C6H9ClFI/c7-5-2-1-4(9)3-6(5)8/h4-6H,1-3H2/t4-,5?,6?/m1/s1. The van der Waals surface area contributed by atoms with Gasteiger partial charge in [0.25, 0.3) is 0 Å². The van der Waals surface area contributed by atoms with Crippen LogP contribution in [0.25, 0.3) is 0 Å². The number of hydrogen-bond donors (Lipinski definition) is 0. The Kier molecular flexibility index (Phi) is 3.02. The lowest BCUT2D eigenvalue weighted by atomic mass is 9.98. The normalized spacial score (nSPS) is 45.0. The van der Waals surface area contributed by atoms with Crippen LogP contribution in [0.2, 0.25) is 0 Å². The molecule has 2 unspecified atom stereocenters. The van der Waals surface area contributed by atoms with Gasteiger partial charge in [-0.15, -0.1) is 11.6 Å². The van der Waals surface area contributed by atoms with Crippen molar-refractivity contribution in [3.63, 3.8) is 0 Å². The predicted molar refractivity (Wildman–Crippen MR) is 46.2 cm³/mol. The summed E-state index contributed by atoms with van der Waals surface area (Å²) in [6.45, 7) is 0. The van der Waals surface area contributed by atoms with Crippen molar-refractivity contribution in [1.82, 2.24) is 0 Å². The molecule has 0 amide bonds. The molecule has 0 heterocycles. The van der Waals surface area contributed by atoms with Crippen molar-refractivity contribution in [2.24, 2.45) is 0 Å². The van der Waals surface area contributed by atoms with Gasteiger partial charge in [0, 0.05) is 3.92 Å². The Morgan fingerprint density at radius 2 is 2.11 bits per heavy atom. The zero-order valence-corrected chi connectivity index (χ0v) is 7.90. The van der Waals surface area contributed by atoms with E-state index in [-0.39, 0.29) is 5.38 Å². The molecule has 3 atom stereocenters. The maximum absolute atomic E-state index is 12.7. The highest BCUT2D eigenvalue weighted by Crippen LogP contribution is 2.29. The van der Waals surface area contributed by atoms with Crippen LogP contribution in [0.5, 0.6) is 0 Å². The van der Waals surface area contributed by atoms with Crippen LogP contribution in [-0.2, 0) is 0 Å². The highest BCUT2D eigenvalue weighted by Gasteiger charge is 2.27. The van der Waals surface area contributed by atoms with E-state index in [2.05, 4.69) is 22.6 Å². The molecule has 3 heteroatoms. The van der Waals surface area contributed by atoms with Crippen molar-refractivity contribution in [2.45, 2.75) is 34.7 Å². The van der Waals surface area contributed by atoms with Crippen molar-refractivity contribution in [1.29, 1.82) is 0 Å². The lowest BCUT2D eigenvalue weighted by Gasteiger charge is -2.24. The van der Waals surface area contributed by atoms with Gasteiger partial charge in [-0.05, 0) is 19.3 Å². The molecule has 1 aliphatic rings. The maximum Gasteiger partial charge on any atom is 0.117 e. The second-order valence-electron chi connectivity index (χ2n) is 2.44. The van der Waals surface area contributed by atoms with E-state index in [1.807, 2.05) is 0 Å². The minimum atomic E-state index is -0.762. The van der Waals surface area contributed by atoms with Crippen LogP contribution in [-0.4, -0.2) is 15.5 Å². The topological polar surface area (TPSA) is 0 Å². The maximum atomic E-state index is 12.7. The highest BCUT2D eigenvalue weighted by atomic mass is 127. The monoisotopic (exact) mass is 262 g/mol. The van der Waals surface area contributed by atoms with Gasteiger partial charge in [-0.1, -0.05) is 22.6 Å². The second-order valence-corrected chi connectivity index (χ2v) is 4.76. The Hall–Kier alpha value is 0.950. The fraction of sp³-hybridized carbons (Fsp3) is 1.00. The van der Waals surface area contributed by atoms with E-state index < -0.39 is 6.17 Å². The van der Waals surface area contributed by atoms with Crippen LogP contribution in [0.1, 0.15) is 19.3 Å². The Bertz CT molecular complexity index is 99.1. The van der Waals surface area contributed by atoms with E-state index in [0.29, 0.717) is 10.3 Å². The van der Waals surface area contributed by atoms with Crippen LogP contribution in [0.15, 0.2) is 0 Å². The van der Waals surface area contributed by atoms with Crippen LogP contribution < -0.4 is 0 Å². The van der Waals surface area contributed by atoms with Crippen molar-refractivity contribution in [3.8, 4) is 0 Å². The molecular weight excluding hydrogens is 253 g/mol. The zero-order valence-electron chi connectivity index (χ0n) is 4.99. The Labute approximate surface area is 73.3 Å². The number of halogens is 3. The SMILES string of the molecule is FC1C[C@H](I)CCC1Cl. The smallest absolute Gasteiger partial charge is 0.117 e. The summed E-state index contributed by atoms with van der Waals surface area (Å²) in [5.41, 5.74) is 0. The summed E-state index contributed by atoms with van der Waals surface area (Å²) in [6.07, 6.45) is 1.81. The van der Waals surface area contributed by atoms with Gasteiger partial charge in [0.2, 0.25) is 0 Å². The Balaban J connectivity index is 2.35. The van der Waals surface area contributed by atoms with Gasteiger partial charge in [-0.3, -0.25) is 0 Å². The van der Waals surface area contributed by atoms with Gasteiger partial charge < -0.3 is 0 Å². The zero-order chi connectivity index (χ0) is 6.85. The molecule has 0 N–H and O–H groups in total. The Morgan fingerprint density at radius 3 is 2.56 bits per heavy atom. The Morgan fingerprint density at radius 1 is 1.44 bits per heavy atom. The van der Waals surface area contributed by atoms with Crippen LogP contribution in [0.3, 0.4) is 0 Å². The van der Waals surface area contributed by atoms with Gasteiger partial charge in [0.15, 0.2) is 0 Å². The van der Waals surface area contributed by atoms with Crippen molar-refractivity contribution in [3.05, 3.63) is 0 Å². The van der Waals surface area contributed by atoms with Gasteiger partial charge in [-0.25, -0.2) is 4.39 Å². The molecule has 1 rings (SSSR count). The fourth-order valence-corrected chi connectivity index (χ4v) is 2.10. The summed E-state index contributed by atoms with van der Waals surface area (Å²) in [5, 5.41) is -0.212. The molecule has 0 aromatic carbocycles. The van der Waals surface area contributed by atoms with Crippen molar-refractivity contribution in [2.75, 3.05) is 0 Å². The summed E-state index contributed by atoms with van der Waals surface area (Å²) in [6, 6.07) is 0. The molecule has 1 aliphatic carbocycles. The van der Waals surface area contributed by atoms with E-state index >= 15 is 0 Å². The first-order valence-electron chi connectivity index (χ1n) is 3.12.